The largest absolute Gasteiger partial charge is 0.496 e. The number of anilines is 1. The van der Waals surface area contributed by atoms with Gasteiger partial charge in [0.15, 0.2) is 0 Å². The van der Waals surface area contributed by atoms with Crippen LogP contribution in [0.3, 0.4) is 0 Å². The van der Waals surface area contributed by atoms with Gasteiger partial charge in [0, 0.05) is 34.4 Å². The van der Waals surface area contributed by atoms with E-state index >= 15 is 0 Å². The number of nitriles is 1. The number of ether oxygens (including phenoxy) is 1. The lowest BCUT2D eigenvalue weighted by Gasteiger charge is -2.47. The topological polar surface area (TPSA) is 36.3 Å². The highest BCUT2D eigenvalue weighted by molar-refractivity contribution is 6.30. The van der Waals surface area contributed by atoms with Crippen LogP contribution in [-0.4, -0.2) is 19.2 Å². The number of benzene rings is 2. The lowest BCUT2D eigenvalue weighted by Crippen LogP contribution is -2.48. The molecule has 0 amide bonds. The Balaban J connectivity index is 2.13. The molecule has 1 heterocycles. The fourth-order valence-corrected chi connectivity index (χ4v) is 4.55. The quantitative estimate of drug-likeness (QED) is 0.398. The first-order valence-corrected chi connectivity index (χ1v) is 10.6. The van der Waals surface area contributed by atoms with Crippen molar-refractivity contribution in [1.82, 2.24) is 0 Å². The van der Waals surface area contributed by atoms with Crippen molar-refractivity contribution in [3.8, 4) is 11.8 Å². The Morgan fingerprint density at radius 3 is 2.59 bits per heavy atom. The van der Waals surface area contributed by atoms with Crippen molar-refractivity contribution in [3.05, 3.63) is 58.1 Å². The molecule has 0 spiro atoms. The van der Waals surface area contributed by atoms with Gasteiger partial charge in [0.2, 0.25) is 0 Å². The molecule has 2 aromatic rings. The summed E-state index contributed by atoms with van der Waals surface area (Å²) in [7, 11) is 1.69. The zero-order valence-electron chi connectivity index (χ0n) is 17.9. The Morgan fingerprint density at radius 1 is 1.31 bits per heavy atom. The Kier molecular flexibility index (Phi) is 6.24. The maximum absolute atomic E-state index is 9.74. The van der Waals surface area contributed by atoms with Crippen molar-refractivity contribution in [2.45, 2.75) is 52.0 Å². The van der Waals surface area contributed by atoms with E-state index in [9.17, 15) is 5.26 Å². The summed E-state index contributed by atoms with van der Waals surface area (Å²) in [4.78, 5) is 2.50. The molecule has 0 bridgehead atoms. The third-order valence-electron chi connectivity index (χ3n) is 5.76. The van der Waals surface area contributed by atoms with Crippen LogP contribution in [0.2, 0.25) is 5.02 Å². The minimum Gasteiger partial charge on any atom is -0.496 e. The third-order valence-corrected chi connectivity index (χ3v) is 6.01. The first kappa shape index (κ1) is 21.3. The molecule has 1 unspecified atom stereocenters. The standard InChI is InChI=1S/C25H29ClN2O/c1-6-11-28-23-14-24(29-5)19(13-22(23)17(2)15-25(28,3)4)12-20(16-27)18-7-9-21(26)10-8-18/h7-10,12-14,17H,6,11,15H2,1-5H3/b20-12+. The van der Waals surface area contributed by atoms with Crippen LogP contribution in [-0.2, 0) is 0 Å². The van der Waals surface area contributed by atoms with Crippen LogP contribution in [0, 0.1) is 11.3 Å². The highest BCUT2D eigenvalue weighted by Gasteiger charge is 2.36. The number of hydrogen-bond donors (Lipinski definition) is 0. The fraction of sp³-hybridized carbons (Fsp3) is 0.400. The van der Waals surface area contributed by atoms with Gasteiger partial charge in [0.05, 0.1) is 18.8 Å². The van der Waals surface area contributed by atoms with E-state index in [-0.39, 0.29) is 5.54 Å². The molecule has 0 radical (unpaired) electrons. The molecule has 0 aliphatic carbocycles. The van der Waals surface area contributed by atoms with Crippen LogP contribution in [0.5, 0.6) is 5.75 Å². The van der Waals surface area contributed by atoms with E-state index < -0.39 is 0 Å². The van der Waals surface area contributed by atoms with Gasteiger partial charge in [-0.05, 0) is 68.0 Å². The monoisotopic (exact) mass is 408 g/mol. The van der Waals surface area contributed by atoms with E-state index in [1.54, 1.807) is 19.2 Å². The second-order valence-corrected chi connectivity index (χ2v) is 8.84. The highest BCUT2D eigenvalue weighted by Crippen LogP contribution is 2.46. The molecule has 4 heteroatoms. The Morgan fingerprint density at radius 2 is 2.00 bits per heavy atom. The summed E-state index contributed by atoms with van der Waals surface area (Å²) in [6.07, 6.45) is 4.10. The molecule has 152 valence electrons. The van der Waals surface area contributed by atoms with Crippen molar-refractivity contribution in [1.29, 1.82) is 5.26 Å². The van der Waals surface area contributed by atoms with Gasteiger partial charge in [0.1, 0.15) is 5.75 Å². The summed E-state index contributed by atoms with van der Waals surface area (Å²) in [5, 5.41) is 10.4. The number of hydrogen-bond acceptors (Lipinski definition) is 3. The van der Waals surface area contributed by atoms with Gasteiger partial charge in [-0.25, -0.2) is 0 Å². The first-order chi connectivity index (χ1) is 13.8. The molecule has 1 atom stereocenters. The van der Waals surface area contributed by atoms with Crippen molar-refractivity contribution >= 4 is 28.9 Å². The SMILES string of the molecule is CCCN1c2cc(OC)c(/C=C(\C#N)c3ccc(Cl)cc3)cc2C(C)CC1(C)C. The number of halogens is 1. The van der Waals surface area contributed by atoms with Crippen molar-refractivity contribution in [3.63, 3.8) is 0 Å². The molecule has 29 heavy (non-hydrogen) atoms. The third kappa shape index (κ3) is 4.28. The predicted molar refractivity (Wildman–Crippen MR) is 123 cm³/mol. The predicted octanol–water partition coefficient (Wildman–Crippen LogP) is 6.91. The maximum Gasteiger partial charge on any atom is 0.128 e. The number of nitrogens with zero attached hydrogens (tertiary/aromatic N) is 2. The van der Waals surface area contributed by atoms with Crippen LogP contribution in [0.4, 0.5) is 5.69 Å². The number of allylic oxidation sites excluding steroid dienone is 1. The summed E-state index contributed by atoms with van der Waals surface area (Å²) in [6.45, 7) is 10.1. The van der Waals surface area contributed by atoms with Crippen molar-refractivity contribution < 1.29 is 4.74 Å². The Bertz CT molecular complexity index is 954. The van der Waals surface area contributed by atoms with Crippen molar-refractivity contribution in [2.75, 3.05) is 18.6 Å². The highest BCUT2D eigenvalue weighted by atomic mass is 35.5. The average Bonchev–Trinajstić information content (AvgIpc) is 2.69. The molecule has 0 fully saturated rings. The first-order valence-electron chi connectivity index (χ1n) is 10.2. The van der Waals surface area contributed by atoms with E-state index in [0.29, 0.717) is 16.5 Å². The van der Waals surface area contributed by atoms with E-state index in [1.807, 2.05) is 18.2 Å². The lowest BCUT2D eigenvalue weighted by molar-refractivity contribution is 0.372. The zero-order chi connectivity index (χ0) is 21.2. The van der Waals surface area contributed by atoms with Gasteiger partial charge < -0.3 is 9.64 Å². The zero-order valence-corrected chi connectivity index (χ0v) is 18.7. The van der Waals surface area contributed by atoms with E-state index in [2.05, 4.69) is 50.8 Å². The lowest BCUT2D eigenvalue weighted by atomic mass is 9.79. The molecule has 0 saturated heterocycles. The van der Waals surface area contributed by atoms with E-state index in [1.165, 1.54) is 11.3 Å². The molecule has 1 aliphatic rings. The average molecular weight is 409 g/mol. The van der Waals surface area contributed by atoms with Crippen LogP contribution in [0.1, 0.15) is 63.1 Å². The summed E-state index contributed by atoms with van der Waals surface area (Å²) in [6, 6.07) is 14.0. The summed E-state index contributed by atoms with van der Waals surface area (Å²) < 4.78 is 5.74. The Hall–Kier alpha value is -2.44. The summed E-state index contributed by atoms with van der Waals surface area (Å²) in [5.41, 5.74) is 5.03. The Labute approximate surface area is 179 Å². The van der Waals surface area contributed by atoms with Gasteiger partial charge in [-0.2, -0.15) is 5.26 Å². The van der Waals surface area contributed by atoms with Gasteiger partial charge in [-0.3, -0.25) is 0 Å². The second kappa shape index (κ2) is 8.51. The van der Waals surface area contributed by atoms with Gasteiger partial charge in [-0.15, -0.1) is 0 Å². The number of rotatable bonds is 5. The molecule has 1 aliphatic heterocycles. The minimum atomic E-state index is 0.103. The van der Waals surface area contributed by atoms with Crippen molar-refractivity contribution in [2.24, 2.45) is 0 Å². The van der Waals surface area contributed by atoms with Crippen LogP contribution < -0.4 is 9.64 Å². The normalized spacial score (nSPS) is 18.2. The molecule has 0 saturated carbocycles. The molecular formula is C25H29ClN2O. The molecule has 2 aromatic carbocycles. The summed E-state index contributed by atoms with van der Waals surface area (Å²) in [5.74, 6) is 1.23. The molecular weight excluding hydrogens is 380 g/mol. The van der Waals surface area contributed by atoms with E-state index in [0.717, 1.165) is 36.3 Å². The smallest absolute Gasteiger partial charge is 0.128 e. The number of methoxy groups -OCH3 is 1. The van der Waals surface area contributed by atoms with Crippen LogP contribution in [0.15, 0.2) is 36.4 Å². The maximum atomic E-state index is 9.74. The molecule has 0 N–H and O–H groups in total. The molecule has 0 aromatic heterocycles. The fourth-order valence-electron chi connectivity index (χ4n) is 4.43. The molecule has 3 nitrogen and oxygen atoms in total. The van der Waals surface area contributed by atoms with Gasteiger partial charge in [0.25, 0.3) is 0 Å². The van der Waals surface area contributed by atoms with E-state index in [4.69, 9.17) is 16.3 Å². The molecule has 3 rings (SSSR count). The second-order valence-electron chi connectivity index (χ2n) is 8.40. The van der Waals surface area contributed by atoms with Gasteiger partial charge in [-0.1, -0.05) is 37.6 Å². The van der Waals surface area contributed by atoms with Crippen LogP contribution >= 0.6 is 11.6 Å². The van der Waals surface area contributed by atoms with Crippen LogP contribution in [0.25, 0.3) is 11.6 Å². The summed E-state index contributed by atoms with van der Waals surface area (Å²) >= 11 is 6.00. The van der Waals surface area contributed by atoms with Gasteiger partial charge >= 0.3 is 0 Å². The number of fused-ring (bicyclic) bond motifs is 1. The minimum absolute atomic E-state index is 0.103.